The van der Waals surface area contributed by atoms with Crippen LogP contribution in [0.1, 0.15) is 46.4 Å². The SMILES string of the molecule is Cc1cc(C[C@H]2COCCN(C(=O)c3csc(C(C)C)c3)C2)ncn1. The van der Waals surface area contributed by atoms with Crippen molar-refractivity contribution in [2.75, 3.05) is 26.3 Å². The molecule has 0 aliphatic carbocycles. The smallest absolute Gasteiger partial charge is 0.254 e. The molecule has 5 nitrogen and oxygen atoms in total. The van der Waals surface area contributed by atoms with Gasteiger partial charge in [-0.1, -0.05) is 13.8 Å². The van der Waals surface area contributed by atoms with E-state index in [2.05, 4.69) is 23.8 Å². The summed E-state index contributed by atoms with van der Waals surface area (Å²) in [6, 6.07) is 4.04. The third-order valence-corrected chi connectivity index (χ3v) is 5.65. The molecule has 1 aliphatic rings. The van der Waals surface area contributed by atoms with Gasteiger partial charge >= 0.3 is 0 Å². The van der Waals surface area contributed by atoms with E-state index in [1.807, 2.05) is 29.3 Å². The molecule has 134 valence electrons. The van der Waals surface area contributed by atoms with Crippen LogP contribution in [0, 0.1) is 12.8 Å². The molecular weight excluding hydrogens is 334 g/mol. The van der Waals surface area contributed by atoms with Gasteiger partial charge in [0, 0.05) is 40.7 Å². The van der Waals surface area contributed by atoms with E-state index < -0.39 is 0 Å². The van der Waals surface area contributed by atoms with E-state index in [4.69, 9.17) is 4.74 Å². The van der Waals surface area contributed by atoms with Crippen LogP contribution in [-0.2, 0) is 11.2 Å². The lowest BCUT2D eigenvalue weighted by Gasteiger charge is -2.23. The molecule has 0 saturated carbocycles. The Kier molecular flexibility index (Phi) is 5.81. The minimum absolute atomic E-state index is 0.109. The first-order valence-electron chi connectivity index (χ1n) is 8.76. The van der Waals surface area contributed by atoms with E-state index in [1.54, 1.807) is 17.7 Å². The summed E-state index contributed by atoms with van der Waals surface area (Å²) in [4.78, 5) is 24.6. The van der Waals surface area contributed by atoms with E-state index in [1.165, 1.54) is 4.88 Å². The molecule has 1 aliphatic heterocycles. The normalized spacial score (nSPS) is 18.4. The molecule has 25 heavy (non-hydrogen) atoms. The van der Waals surface area contributed by atoms with Crippen LogP contribution in [0.25, 0.3) is 0 Å². The standard InChI is InChI=1S/C19H25N3O2S/c1-13(2)18-8-16(11-25-18)19(23)22-4-5-24-10-15(9-22)7-17-6-14(3)20-12-21-17/h6,8,11-13,15H,4-5,7,9-10H2,1-3H3/t15-/m1/s1. The summed E-state index contributed by atoms with van der Waals surface area (Å²) >= 11 is 1.66. The third kappa shape index (κ3) is 4.64. The van der Waals surface area contributed by atoms with Crippen molar-refractivity contribution in [3.05, 3.63) is 45.7 Å². The number of amides is 1. The highest BCUT2D eigenvalue weighted by atomic mass is 32.1. The Hall–Kier alpha value is -1.79. The van der Waals surface area contributed by atoms with Crippen molar-refractivity contribution in [1.82, 2.24) is 14.9 Å². The zero-order valence-corrected chi connectivity index (χ0v) is 15.9. The molecule has 2 aromatic heterocycles. The minimum Gasteiger partial charge on any atom is -0.379 e. The minimum atomic E-state index is 0.109. The van der Waals surface area contributed by atoms with Gasteiger partial charge in [-0.05, 0) is 31.4 Å². The highest BCUT2D eigenvalue weighted by Gasteiger charge is 2.25. The van der Waals surface area contributed by atoms with Crippen molar-refractivity contribution in [3.8, 4) is 0 Å². The first-order valence-corrected chi connectivity index (χ1v) is 9.64. The van der Waals surface area contributed by atoms with Crippen LogP contribution in [0.15, 0.2) is 23.8 Å². The second-order valence-electron chi connectivity index (χ2n) is 6.94. The molecule has 0 N–H and O–H groups in total. The first-order chi connectivity index (χ1) is 12.0. The van der Waals surface area contributed by atoms with Crippen molar-refractivity contribution >= 4 is 17.2 Å². The van der Waals surface area contributed by atoms with Crippen molar-refractivity contribution in [2.45, 2.75) is 33.1 Å². The molecule has 6 heteroatoms. The number of nitrogens with zero attached hydrogens (tertiary/aromatic N) is 3. The average Bonchev–Trinajstić information content (AvgIpc) is 2.96. The van der Waals surface area contributed by atoms with E-state index in [0.717, 1.165) is 23.4 Å². The van der Waals surface area contributed by atoms with Crippen molar-refractivity contribution in [2.24, 2.45) is 5.92 Å². The largest absolute Gasteiger partial charge is 0.379 e. The Labute approximate surface area is 153 Å². The van der Waals surface area contributed by atoms with Crippen LogP contribution < -0.4 is 0 Å². The molecular formula is C19H25N3O2S. The zero-order valence-electron chi connectivity index (χ0n) is 15.1. The summed E-state index contributed by atoms with van der Waals surface area (Å²) in [5, 5.41) is 1.98. The fraction of sp³-hybridized carbons (Fsp3) is 0.526. The predicted molar refractivity (Wildman–Crippen MR) is 99.1 cm³/mol. The molecule has 1 saturated heterocycles. The lowest BCUT2D eigenvalue weighted by Crippen LogP contribution is -2.36. The second-order valence-corrected chi connectivity index (χ2v) is 7.88. The lowest BCUT2D eigenvalue weighted by molar-refractivity contribution is 0.0737. The third-order valence-electron chi connectivity index (χ3n) is 4.42. The van der Waals surface area contributed by atoms with Crippen LogP contribution in [0.4, 0.5) is 0 Å². The molecule has 2 aromatic rings. The molecule has 3 rings (SSSR count). The monoisotopic (exact) mass is 359 g/mol. The molecule has 3 heterocycles. The Morgan fingerprint density at radius 1 is 1.40 bits per heavy atom. The Balaban J connectivity index is 1.69. The molecule has 0 radical (unpaired) electrons. The average molecular weight is 359 g/mol. The number of hydrogen-bond donors (Lipinski definition) is 0. The van der Waals surface area contributed by atoms with Gasteiger partial charge in [0.25, 0.3) is 5.91 Å². The Morgan fingerprint density at radius 2 is 2.24 bits per heavy atom. The summed E-state index contributed by atoms with van der Waals surface area (Å²) in [7, 11) is 0. The zero-order chi connectivity index (χ0) is 17.8. The van der Waals surface area contributed by atoms with Gasteiger partial charge in [0.15, 0.2) is 0 Å². The van der Waals surface area contributed by atoms with E-state index >= 15 is 0 Å². The van der Waals surface area contributed by atoms with E-state index in [9.17, 15) is 4.79 Å². The Morgan fingerprint density at radius 3 is 2.96 bits per heavy atom. The van der Waals surface area contributed by atoms with Crippen molar-refractivity contribution in [1.29, 1.82) is 0 Å². The predicted octanol–water partition coefficient (Wildman–Crippen LogP) is 3.30. The number of carbonyl (C=O) groups is 1. The number of ether oxygens (including phenoxy) is 1. The van der Waals surface area contributed by atoms with Gasteiger partial charge in [-0.2, -0.15) is 0 Å². The van der Waals surface area contributed by atoms with Gasteiger partial charge < -0.3 is 9.64 Å². The number of aromatic nitrogens is 2. The Bertz CT molecular complexity index is 729. The maximum atomic E-state index is 12.9. The van der Waals surface area contributed by atoms with Crippen LogP contribution in [-0.4, -0.2) is 47.1 Å². The van der Waals surface area contributed by atoms with Crippen LogP contribution in [0.5, 0.6) is 0 Å². The van der Waals surface area contributed by atoms with Crippen LogP contribution in [0.2, 0.25) is 0 Å². The fourth-order valence-electron chi connectivity index (χ4n) is 3.06. The fourth-order valence-corrected chi connectivity index (χ4v) is 3.95. The number of aryl methyl sites for hydroxylation is 1. The highest BCUT2D eigenvalue weighted by Crippen LogP contribution is 2.24. The second kappa shape index (κ2) is 8.06. The van der Waals surface area contributed by atoms with Crippen molar-refractivity contribution < 1.29 is 9.53 Å². The van der Waals surface area contributed by atoms with E-state index in [0.29, 0.717) is 32.2 Å². The highest BCUT2D eigenvalue weighted by molar-refractivity contribution is 7.10. The molecule has 1 amide bonds. The van der Waals surface area contributed by atoms with Gasteiger partial charge in [-0.25, -0.2) is 9.97 Å². The molecule has 0 spiro atoms. The number of rotatable bonds is 4. The van der Waals surface area contributed by atoms with Crippen molar-refractivity contribution in [3.63, 3.8) is 0 Å². The molecule has 1 atom stereocenters. The quantitative estimate of drug-likeness (QED) is 0.840. The first kappa shape index (κ1) is 18.0. The van der Waals surface area contributed by atoms with Gasteiger partial charge in [-0.15, -0.1) is 11.3 Å². The van der Waals surface area contributed by atoms with Crippen LogP contribution >= 0.6 is 11.3 Å². The summed E-state index contributed by atoms with van der Waals surface area (Å²) < 4.78 is 5.73. The number of hydrogen-bond acceptors (Lipinski definition) is 5. The molecule has 0 bridgehead atoms. The van der Waals surface area contributed by atoms with E-state index in [-0.39, 0.29) is 11.8 Å². The number of carbonyl (C=O) groups excluding carboxylic acids is 1. The van der Waals surface area contributed by atoms with Gasteiger partial charge in [0.2, 0.25) is 0 Å². The maximum absolute atomic E-state index is 12.9. The topological polar surface area (TPSA) is 55.3 Å². The summed E-state index contributed by atoms with van der Waals surface area (Å²) in [6.07, 6.45) is 2.40. The lowest BCUT2D eigenvalue weighted by atomic mass is 10.0. The summed E-state index contributed by atoms with van der Waals surface area (Å²) in [5.41, 5.74) is 2.77. The van der Waals surface area contributed by atoms with Crippen LogP contribution in [0.3, 0.4) is 0 Å². The summed E-state index contributed by atoms with van der Waals surface area (Å²) in [6.45, 7) is 8.87. The number of thiophene rings is 1. The van der Waals surface area contributed by atoms with Gasteiger partial charge in [-0.3, -0.25) is 4.79 Å². The molecule has 0 aromatic carbocycles. The summed E-state index contributed by atoms with van der Waals surface area (Å²) in [5.74, 6) is 0.814. The van der Waals surface area contributed by atoms with Gasteiger partial charge in [0.1, 0.15) is 6.33 Å². The maximum Gasteiger partial charge on any atom is 0.254 e. The van der Waals surface area contributed by atoms with Gasteiger partial charge in [0.05, 0.1) is 18.8 Å². The molecule has 0 unspecified atom stereocenters. The molecule has 1 fully saturated rings.